The minimum atomic E-state index is -0.667. The smallest absolute Gasteiger partial charge is 0.331 e. The minimum absolute atomic E-state index is 0.0413. The summed E-state index contributed by atoms with van der Waals surface area (Å²) < 4.78 is 5.49. The van der Waals surface area contributed by atoms with Gasteiger partial charge in [0.15, 0.2) is 0 Å². The van der Waals surface area contributed by atoms with Gasteiger partial charge in [-0.15, -0.1) is 0 Å². The van der Waals surface area contributed by atoms with Gasteiger partial charge in [0.05, 0.1) is 7.11 Å². The number of ether oxygens (including phenoxy) is 1. The summed E-state index contributed by atoms with van der Waals surface area (Å²) >= 11 is 0. The molecule has 0 radical (unpaired) electrons. The van der Waals surface area contributed by atoms with E-state index < -0.39 is 17.8 Å². The molecule has 1 aliphatic carbocycles. The number of barbiturate groups is 1. The van der Waals surface area contributed by atoms with Gasteiger partial charge in [-0.25, -0.2) is 4.79 Å². The fourth-order valence-electron chi connectivity index (χ4n) is 3.93. The van der Waals surface area contributed by atoms with Crippen molar-refractivity contribution in [2.45, 2.75) is 45.6 Å². The second-order valence-corrected chi connectivity index (χ2v) is 7.03. The van der Waals surface area contributed by atoms with Crippen LogP contribution in [0.4, 0.5) is 10.5 Å². The molecule has 1 aromatic carbocycles. The Morgan fingerprint density at radius 3 is 2.46 bits per heavy atom. The van der Waals surface area contributed by atoms with E-state index in [1.54, 1.807) is 7.11 Å². The van der Waals surface area contributed by atoms with Crippen LogP contribution in [0.5, 0.6) is 5.75 Å². The first-order chi connectivity index (χ1) is 13.5. The lowest BCUT2D eigenvalue weighted by molar-refractivity contribution is -0.131. The molecule has 2 fully saturated rings. The summed E-state index contributed by atoms with van der Waals surface area (Å²) in [5, 5.41) is 2.30. The standard InChI is InChI=1S/C21H27N3O4/c1-4-23(5-2)16-11-10-14(18(13-16)28-3)12-17-19(25)22-21(27)24(20(17)26)15-8-6-7-9-15/h10-13,15H,4-9H2,1-3H3,(H,22,25,27)/b17-12-. The molecule has 1 saturated carbocycles. The fourth-order valence-corrected chi connectivity index (χ4v) is 3.93. The number of nitrogens with zero attached hydrogens (tertiary/aromatic N) is 2. The van der Waals surface area contributed by atoms with Crippen molar-refractivity contribution in [3.05, 3.63) is 29.3 Å². The van der Waals surface area contributed by atoms with Gasteiger partial charge in [-0.2, -0.15) is 0 Å². The van der Waals surface area contributed by atoms with E-state index in [2.05, 4.69) is 24.1 Å². The number of hydrogen-bond acceptors (Lipinski definition) is 5. The van der Waals surface area contributed by atoms with Crippen LogP contribution in [0.1, 0.15) is 45.1 Å². The highest BCUT2D eigenvalue weighted by Gasteiger charge is 2.40. The van der Waals surface area contributed by atoms with Gasteiger partial charge in [0.1, 0.15) is 11.3 Å². The summed E-state index contributed by atoms with van der Waals surface area (Å²) in [4.78, 5) is 40.9. The lowest BCUT2D eigenvalue weighted by Crippen LogP contribution is -2.57. The Hall–Kier alpha value is -2.83. The third-order valence-corrected chi connectivity index (χ3v) is 5.47. The molecule has 1 saturated heterocycles. The molecule has 150 valence electrons. The van der Waals surface area contributed by atoms with E-state index in [1.165, 1.54) is 11.0 Å². The third-order valence-electron chi connectivity index (χ3n) is 5.47. The van der Waals surface area contributed by atoms with E-state index in [1.807, 2.05) is 18.2 Å². The van der Waals surface area contributed by atoms with Crippen LogP contribution in [0, 0.1) is 0 Å². The first-order valence-corrected chi connectivity index (χ1v) is 9.83. The summed E-state index contributed by atoms with van der Waals surface area (Å²) in [6, 6.07) is 4.90. The lowest BCUT2D eigenvalue weighted by Gasteiger charge is -2.31. The molecule has 7 heteroatoms. The summed E-state index contributed by atoms with van der Waals surface area (Å²) in [5.41, 5.74) is 1.59. The molecule has 4 amide bonds. The Morgan fingerprint density at radius 1 is 1.18 bits per heavy atom. The third kappa shape index (κ3) is 3.74. The van der Waals surface area contributed by atoms with E-state index >= 15 is 0 Å². The molecule has 1 N–H and O–H groups in total. The molecule has 0 spiro atoms. The number of nitrogens with one attached hydrogen (secondary N) is 1. The van der Waals surface area contributed by atoms with E-state index in [0.717, 1.165) is 44.5 Å². The molecule has 2 aliphatic rings. The van der Waals surface area contributed by atoms with Crippen molar-refractivity contribution in [2.24, 2.45) is 0 Å². The highest BCUT2D eigenvalue weighted by Crippen LogP contribution is 2.30. The van der Waals surface area contributed by atoms with E-state index in [4.69, 9.17) is 4.74 Å². The molecule has 0 bridgehead atoms. The summed E-state index contributed by atoms with van der Waals surface area (Å²) in [6.45, 7) is 5.87. The van der Waals surface area contributed by atoms with Crippen LogP contribution in [0.25, 0.3) is 6.08 Å². The number of carbonyl (C=O) groups excluding carboxylic acids is 3. The van der Waals surface area contributed by atoms with Crippen LogP contribution in [-0.4, -0.2) is 49.0 Å². The maximum absolute atomic E-state index is 12.9. The minimum Gasteiger partial charge on any atom is -0.496 e. The molecule has 1 aromatic rings. The highest BCUT2D eigenvalue weighted by molar-refractivity contribution is 6.31. The molecule has 0 aromatic heterocycles. The second-order valence-electron chi connectivity index (χ2n) is 7.03. The van der Waals surface area contributed by atoms with Crippen LogP contribution in [0.15, 0.2) is 23.8 Å². The van der Waals surface area contributed by atoms with Crippen LogP contribution in [-0.2, 0) is 9.59 Å². The van der Waals surface area contributed by atoms with E-state index in [9.17, 15) is 14.4 Å². The zero-order valence-corrected chi connectivity index (χ0v) is 16.7. The molecule has 1 aliphatic heterocycles. The SMILES string of the molecule is CCN(CC)c1ccc(/C=C2/C(=O)NC(=O)N(C3CCCC3)C2=O)c(OC)c1. The summed E-state index contributed by atoms with van der Waals surface area (Å²) in [7, 11) is 1.56. The monoisotopic (exact) mass is 385 g/mol. The summed E-state index contributed by atoms with van der Waals surface area (Å²) in [6.07, 6.45) is 5.03. The highest BCUT2D eigenvalue weighted by atomic mass is 16.5. The molecule has 1 heterocycles. The first-order valence-electron chi connectivity index (χ1n) is 9.83. The van der Waals surface area contributed by atoms with Crippen LogP contribution >= 0.6 is 0 Å². The average molecular weight is 385 g/mol. The maximum Gasteiger partial charge on any atom is 0.331 e. The zero-order chi connectivity index (χ0) is 20.3. The number of carbonyl (C=O) groups is 3. The van der Waals surface area contributed by atoms with Crippen molar-refractivity contribution in [2.75, 3.05) is 25.1 Å². The second kappa shape index (κ2) is 8.46. The van der Waals surface area contributed by atoms with Gasteiger partial charge in [-0.05, 0) is 44.9 Å². The van der Waals surface area contributed by atoms with Crippen molar-refractivity contribution in [3.8, 4) is 5.75 Å². The van der Waals surface area contributed by atoms with Gasteiger partial charge in [0.2, 0.25) is 0 Å². The topological polar surface area (TPSA) is 79.0 Å². The predicted molar refractivity (Wildman–Crippen MR) is 107 cm³/mol. The Labute approximate surface area is 165 Å². The van der Waals surface area contributed by atoms with Gasteiger partial charge in [-0.1, -0.05) is 12.8 Å². The van der Waals surface area contributed by atoms with Crippen LogP contribution in [0.2, 0.25) is 0 Å². The van der Waals surface area contributed by atoms with Crippen molar-refractivity contribution >= 4 is 29.6 Å². The average Bonchev–Trinajstić information content (AvgIpc) is 3.20. The molecular formula is C21H27N3O4. The first kappa shape index (κ1) is 19.9. The maximum atomic E-state index is 12.9. The van der Waals surface area contributed by atoms with Gasteiger partial charge in [0, 0.05) is 36.4 Å². The zero-order valence-electron chi connectivity index (χ0n) is 16.7. The van der Waals surface area contributed by atoms with Gasteiger partial charge < -0.3 is 9.64 Å². The molecular weight excluding hydrogens is 358 g/mol. The largest absolute Gasteiger partial charge is 0.496 e. The molecule has 0 atom stereocenters. The fraction of sp³-hybridized carbons (Fsp3) is 0.476. The summed E-state index contributed by atoms with van der Waals surface area (Å²) in [5.74, 6) is -0.628. The predicted octanol–water partition coefficient (Wildman–Crippen LogP) is 2.95. The quantitative estimate of drug-likeness (QED) is 0.602. The Balaban J connectivity index is 1.95. The number of rotatable bonds is 6. The van der Waals surface area contributed by atoms with Crippen molar-refractivity contribution in [1.29, 1.82) is 0 Å². The van der Waals surface area contributed by atoms with E-state index in [0.29, 0.717) is 11.3 Å². The van der Waals surface area contributed by atoms with Crippen LogP contribution in [0.3, 0.4) is 0 Å². The van der Waals surface area contributed by atoms with E-state index in [-0.39, 0.29) is 11.6 Å². The number of imide groups is 2. The van der Waals surface area contributed by atoms with Gasteiger partial charge in [0.25, 0.3) is 11.8 Å². The number of amides is 4. The number of hydrogen-bond donors (Lipinski definition) is 1. The van der Waals surface area contributed by atoms with Gasteiger partial charge in [-0.3, -0.25) is 19.8 Å². The molecule has 7 nitrogen and oxygen atoms in total. The van der Waals surface area contributed by atoms with Gasteiger partial charge >= 0.3 is 6.03 Å². The van der Waals surface area contributed by atoms with Crippen molar-refractivity contribution in [3.63, 3.8) is 0 Å². The number of methoxy groups -OCH3 is 1. The normalized spacial score (nSPS) is 19.3. The number of urea groups is 1. The van der Waals surface area contributed by atoms with Crippen molar-refractivity contribution in [1.82, 2.24) is 10.2 Å². The Morgan fingerprint density at radius 2 is 1.86 bits per heavy atom. The lowest BCUT2D eigenvalue weighted by atomic mass is 10.0. The Kier molecular flexibility index (Phi) is 6.02. The molecule has 0 unspecified atom stereocenters. The molecule has 28 heavy (non-hydrogen) atoms. The number of anilines is 1. The Bertz CT molecular complexity index is 808. The molecule has 3 rings (SSSR count). The number of benzene rings is 1. The van der Waals surface area contributed by atoms with Crippen molar-refractivity contribution < 1.29 is 19.1 Å². The van der Waals surface area contributed by atoms with Crippen LogP contribution < -0.4 is 15.0 Å².